The zero-order chi connectivity index (χ0) is 13.2. The molecule has 94 valence electrons. The third-order valence-electron chi connectivity index (χ3n) is 2.69. The molecule has 0 fully saturated rings. The van der Waals surface area contributed by atoms with Gasteiger partial charge in [-0.15, -0.1) is 0 Å². The minimum absolute atomic E-state index is 0.346. The van der Waals surface area contributed by atoms with Crippen LogP contribution in [0.4, 0.5) is 0 Å². The highest BCUT2D eigenvalue weighted by Gasteiger charge is 2.06. The Labute approximate surface area is 107 Å². The average molecular weight is 262 g/mol. The smallest absolute Gasteiger partial charge is 0.269 e. The Hall–Kier alpha value is -1.65. The fourth-order valence-corrected chi connectivity index (χ4v) is 2.36. The second-order valence-corrected chi connectivity index (χ2v) is 5.74. The maximum atomic E-state index is 10.7. The molecule has 2 rings (SSSR count). The summed E-state index contributed by atoms with van der Waals surface area (Å²) in [6, 6.07) is 15.2. The summed E-state index contributed by atoms with van der Waals surface area (Å²) in [7, 11) is -3.96. The summed E-state index contributed by atoms with van der Waals surface area (Å²) in [5.74, 6) is -0.346. The molecule has 3 nitrogen and oxygen atoms in total. The maximum absolute atomic E-state index is 10.7. The number of hydrogen-bond donors (Lipinski definition) is 1. The van der Waals surface area contributed by atoms with Crippen molar-refractivity contribution in [3.05, 3.63) is 59.7 Å². The van der Waals surface area contributed by atoms with Crippen LogP contribution in [0.5, 0.6) is 0 Å². The van der Waals surface area contributed by atoms with E-state index in [-0.39, 0.29) is 5.75 Å². The van der Waals surface area contributed by atoms with Gasteiger partial charge in [0.25, 0.3) is 10.1 Å². The van der Waals surface area contributed by atoms with Gasteiger partial charge in [0.15, 0.2) is 0 Å². The molecule has 1 N–H and O–H groups in total. The first kappa shape index (κ1) is 12.8. The third-order valence-corrected chi connectivity index (χ3v) is 3.39. The summed E-state index contributed by atoms with van der Waals surface area (Å²) >= 11 is 0. The van der Waals surface area contributed by atoms with E-state index in [1.807, 2.05) is 43.3 Å². The van der Waals surface area contributed by atoms with Crippen LogP contribution >= 0.6 is 0 Å². The number of aryl methyl sites for hydroxylation is 1. The fourth-order valence-electron chi connectivity index (χ4n) is 1.75. The van der Waals surface area contributed by atoms with Crippen LogP contribution in [-0.2, 0) is 15.9 Å². The highest BCUT2D eigenvalue weighted by molar-refractivity contribution is 7.85. The lowest BCUT2D eigenvalue weighted by Crippen LogP contribution is -2.01. The fraction of sp³-hybridized carbons (Fsp3) is 0.143. The van der Waals surface area contributed by atoms with Gasteiger partial charge in [0, 0.05) is 0 Å². The molecule has 0 aromatic heterocycles. The molecule has 2 aromatic carbocycles. The van der Waals surface area contributed by atoms with E-state index in [0.717, 1.165) is 11.1 Å². The van der Waals surface area contributed by atoms with Crippen molar-refractivity contribution in [3.8, 4) is 11.1 Å². The van der Waals surface area contributed by atoms with Crippen LogP contribution < -0.4 is 0 Å². The molecule has 0 unspecified atom stereocenters. The van der Waals surface area contributed by atoms with Crippen molar-refractivity contribution in [2.75, 3.05) is 0 Å². The second-order valence-electron chi connectivity index (χ2n) is 4.29. The highest BCUT2D eigenvalue weighted by atomic mass is 32.2. The summed E-state index contributed by atoms with van der Waals surface area (Å²) in [6.07, 6.45) is 0. The molecule has 0 saturated carbocycles. The summed E-state index contributed by atoms with van der Waals surface area (Å²) in [4.78, 5) is 0. The average Bonchev–Trinajstić information content (AvgIpc) is 2.29. The minimum Gasteiger partial charge on any atom is -0.285 e. The molecule has 0 saturated heterocycles. The van der Waals surface area contributed by atoms with Crippen molar-refractivity contribution in [1.29, 1.82) is 0 Å². The van der Waals surface area contributed by atoms with Gasteiger partial charge < -0.3 is 0 Å². The molecule has 0 bridgehead atoms. The third kappa shape index (κ3) is 3.42. The molecule has 0 spiro atoms. The lowest BCUT2D eigenvalue weighted by Gasteiger charge is -2.04. The van der Waals surface area contributed by atoms with Crippen LogP contribution in [0.1, 0.15) is 11.1 Å². The number of benzene rings is 2. The van der Waals surface area contributed by atoms with Gasteiger partial charge in [0.2, 0.25) is 0 Å². The summed E-state index contributed by atoms with van der Waals surface area (Å²) in [5.41, 5.74) is 3.88. The van der Waals surface area contributed by atoms with E-state index in [4.69, 9.17) is 4.55 Å². The molecule has 0 aliphatic rings. The van der Waals surface area contributed by atoms with Crippen LogP contribution in [0.3, 0.4) is 0 Å². The largest absolute Gasteiger partial charge is 0.285 e. The Balaban J connectivity index is 2.25. The van der Waals surface area contributed by atoms with E-state index in [2.05, 4.69) is 0 Å². The predicted octanol–water partition coefficient (Wildman–Crippen LogP) is 3.05. The first-order valence-electron chi connectivity index (χ1n) is 5.55. The van der Waals surface area contributed by atoms with Gasteiger partial charge in [0.1, 0.15) is 5.75 Å². The lowest BCUT2D eigenvalue weighted by molar-refractivity contribution is 0.482. The topological polar surface area (TPSA) is 54.4 Å². The number of hydrogen-bond acceptors (Lipinski definition) is 2. The van der Waals surface area contributed by atoms with E-state index in [1.165, 1.54) is 5.56 Å². The van der Waals surface area contributed by atoms with Gasteiger partial charge in [-0.2, -0.15) is 8.42 Å². The first-order valence-corrected chi connectivity index (χ1v) is 7.16. The summed E-state index contributed by atoms with van der Waals surface area (Å²) < 4.78 is 30.3. The second kappa shape index (κ2) is 4.92. The lowest BCUT2D eigenvalue weighted by atomic mass is 10.0. The van der Waals surface area contributed by atoms with Crippen LogP contribution in [0, 0.1) is 6.92 Å². The Morgan fingerprint density at radius 2 is 1.33 bits per heavy atom. The van der Waals surface area contributed by atoms with Crippen molar-refractivity contribution in [1.82, 2.24) is 0 Å². The number of rotatable bonds is 3. The molecule has 0 amide bonds. The van der Waals surface area contributed by atoms with Crippen LogP contribution in [0.15, 0.2) is 48.5 Å². The first-order chi connectivity index (χ1) is 8.44. The Kier molecular flexibility index (Phi) is 3.50. The molecule has 0 aliphatic carbocycles. The van der Waals surface area contributed by atoms with Gasteiger partial charge in [-0.3, -0.25) is 4.55 Å². The van der Waals surface area contributed by atoms with Gasteiger partial charge >= 0.3 is 0 Å². The van der Waals surface area contributed by atoms with E-state index >= 15 is 0 Å². The molecule has 0 heterocycles. The van der Waals surface area contributed by atoms with Crippen LogP contribution in [0.2, 0.25) is 0 Å². The molecule has 4 heteroatoms. The summed E-state index contributed by atoms with van der Waals surface area (Å²) in [6.45, 7) is 2.03. The maximum Gasteiger partial charge on any atom is 0.269 e. The zero-order valence-electron chi connectivity index (χ0n) is 10.00. The van der Waals surface area contributed by atoms with Gasteiger partial charge in [-0.25, -0.2) is 0 Å². The molecule has 0 aliphatic heterocycles. The van der Waals surface area contributed by atoms with E-state index in [0.29, 0.717) is 5.56 Å². The van der Waals surface area contributed by atoms with Crippen LogP contribution in [-0.4, -0.2) is 13.0 Å². The van der Waals surface area contributed by atoms with Crippen LogP contribution in [0.25, 0.3) is 11.1 Å². The van der Waals surface area contributed by atoms with Gasteiger partial charge in [-0.1, -0.05) is 54.1 Å². The van der Waals surface area contributed by atoms with Crippen molar-refractivity contribution in [2.24, 2.45) is 0 Å². The van der Waals surface area contributed by atoms with Crippen molar-refractivity contribution < 1.29 is 13.0 Å². The van der Waals surface area contributed by atoms with Gasteiger partial charge in [-0.05, 0) is 23.6 Å². The molecular formula is C14H14O3S. The standard InChI is InChI=1S/C14H14O3S/c1-11-2-6-13(7-3-11)14-8-4-12(5-9-14)10-18(15,16)17/h2-9H,10H2,1H3,(H,15,16,17). The quantitative estimate of drug-likeness (QED) is 0.865. The van der Waals surface area contributed by atoms with E-state index < -0.39 is 10.1 Å². The van der Waals surface area contributed by atoms with Crippen molar-refractivity contribution in [3.63, 3.8) is 0 Å². The predicted molar refractivity (Wildman–Crippen MR) is 71.9 cm³/mol. The monoisotopic (exact) mass is 262 g/mol. The molecule has 0 radical (unpaired) electrons. The summed E-state index contributed by atoms with van der Waals surface area (Å²) in [5, 5.41) is 0. The zero-order valence-corrected chi connectivity index (χ0v) is 10.8. The van der Waals surface area contributed by atoms with Crippen molar-refractivity contribution >= 4 is 10.1 Å². The van der Waals surface area contributed by atoms with E-state index in [1.54, 1.807) is 12.1 Å². The molecule has 2 aromatic rings. The Morgan fingerprint density at radius 3 is 1.78 bits per heavy atom. The molecular weight excluding hydrogens is 248 g/mol. The van der Waals surface area contributed by atoms with E-state index in [9.17, 15) is 8.42 Å². The van der Waals surface area contributed by atoms with Gasteiger partial charge in [0.05, 0.1) is 0 Å². The normalized spacial score (nSPS) is 11.4. The Morgan fingerprint density at radius 1 is 0.889 bits per heavy atom. The molecule has 0 atom stereocenters. The Bertz CT molecular complexity index is 626. The molecule has 18 heavy (non-hydrogen) atoms. The minimum atomic E-state index is -3.96. The highest BCUT2D eigenvalue weighted by Crippen LogP contribution is 2.20. The SMILES string of the molecule is Cc1ccc(-c2ccc(CS(=O)(=O)O)cc2)cc1. The van der Waals surface area contributed by atoms with Crippen molar-refractivity contribution in [2.45, 2.75) is 12.7 Å².